The second-order valence-electron chi connectivity index (χ2n) is 9.02. The van der Waals surface area contributed by atoms with Crippen LogP contribution in [-0.4, -0.2) is 29.2 Å². The Bertz CT molecular complexity index is 1860. The molecule has 3 heterocycles. The van der Waals surface area contributed by atoms with Crippen molar-refractivity contribution in [3.63, 3.8) is 0 Å². The van der Waals surface area contributed by atoms with Crippen LogP contribution in [0.5, 0.6) is 5.75 Å². The maximum atomic E-state index is 13.8. The first-order chi connectivity index (χ1) is 19.2. The van der Waals surface area contributed by atoms with Gasteiger partial charge in [-0.2, -0.15) is 0 Å². The minimum absolute atomic E-state index is 0.0703. The highest BCUT2D eigenvalue weighted by atomic mass is 32.1. The number of nitro benzene ring substituents is 1. The number of aromatic nitrogens is 1. The van der Waals surface area contributed by atoms with Gasteiger partial charge in [-0.05, 0) is 50.6 Å². The third-order valence-electron chi connectivity index (χ3n) is 6.47. The number of hydrogen-bond acceptors (Lipinski definition) is 9. The molecule has 1 aliphatic rings. The predicted octanol–water partition coefficient (Wildman–Crippen LogP) is 4.28. The van der Waals surface area contributed by atoms with E-state index in [1.165, 1.54) is 17.7 Å². The molecule has 0 bridgehead atoms. The molecule has 0 fully saturated rings. The topological polar surface area (TPSA) is 126 Å². The summed E-state index contributed by atoms with van der Waals surface area (Å²) in [5, 5.41) is 11.6. The summed E-state index contributed by atoms with van der Waals surface area (Å²) >= 11 is 1.15. The van der Waals surface area contributed by atoms with Gasteiger partial charge < -0.3 is 13.9 Å². The van der Waals surface area contributed by atoms with Gasteiger partial charge in [-0.25, -0.2) is 9.79 Å². The van der Waals surface area contributed by atoms with Crippen molar-refractivity contribution in [2.45, 2.75) is 26.8 Å². The van der Waals surface area contributed by atoms with E-state index in [0.717, 1.165) is 16.9 Å². The summed E-state index contributed by atoms with van der Waals surface area (Å²) in [5.74, 6) is 0.585. The number of nitrogens with zero attached hydrogens (tertiary/aromatic N) is 3. The Morgan fingerprint density at radius 3 is 2.70 bits per heavy atom. The fourth-order valence-corrected chi connectivity index (χ4v) is 5.71. The van der Waals surface area contributed by atoms with Crippen molar-refractivity contribution in [1.29, 1.82) is 0 Å². The molecule has 0 radical (unpaired) electrons. The largest absolute Gasteiger partial charge is 0.496 e. The molecule has 0 N–H and O–H groups in total. The minimum Gasteiger partial charge on any atom is -0.496 e. The van der Waals surface area contributed by atoms with E-state index in [4.69, 9.17) is 13.9 Å². The van der Waals surface area contributed by atoms with E-state index >= 15 is 0 Å². The number of ether oxygens (including phenoxy) is 2. The van der Waals surface area contributed by atoms with Crippen molar-refractivity contribution >= 4 is 29.1 Å². The number of fused-ring (bicyclic) bond motifs is 1. The molecule has 2 aromatic heterocycles. The lowest BCUT2D eigenvalue weighted by Crippen LogP contribution is -2.40. The molecule has 10 nitrogen and oxygen atoms in total. The van der Waals surface area contributed by atoms with Gasteiger partial charge in [0.25, 0.3) is 11.2 Å². The van der Waals surface area contributed by atoms with E-state index < -0.39 is 16.9 Å². The van der Waals surface area contributed by atoms with Gasteiger partial charge in [0.05, 0.1) is 40.0 Å². The number of hydrogen-bond donors (Lipinski definition) is 0. The average molecular weight is 560 g/mol. The smallest absolute Gasteiger partial charge is 0.338 e. The second kappa shape index (κ2) is 10.8. The summed E-state index contributed by atoms with van der Waals surface area (Å²) < 4.78 is 18.6. The Morgan fingerprint density at radius 2 is 1.98 bits per heavy atom. The number of para-hydroxylation sites is 1. The van der Waals surface area contributed by atoms with Crippen molar-refractivity contribution in [3.05, 3.63) is 113 Å². The number of methoxy groups -OCH3 is 1. The van der Waals surface area contributed by atoms with Gasteiger partial charge >= 0.3 is 5.97 Å². The van der Waals surface area contributed by atoms with Crippen molar-refractivity contribution in [3.8, 4) is 17.1 Å². The third-order valence-corrected chi connectivity index (χ3v) is 7.45. The van der Waals surface area contributed by atoms with Gasteiger partial charge in [0.2, 0.25) is 0 Å². The van der Waals surface area contributed by atoms with E-state index in [1.807, 2.05) is 0 Å². The Hall–Kier alpha value is -4.77. The number of thiazole rings is 1. The molecule has 0 saturated heterocycles. The minimum atomic E-state index is -0.823. The summed E-state index contributed by atoms with van der Waals surface area (Å²) in [6.07, 6.45) is 1.57. The van der Waals surface area contributed by atoms with Gasteiger partial charge in [-0.1, -0.05) is 35.6 Å². The highest BCUT2D eigenvalue weighted by molar-refractivity contribution is 7.07. The molecule has 0 saturated carbocycles. The number of benzene rings is 2. The summed E-state index contributed by atoms with van der Waals surface area (Å²) in [6, 6.07) is 14.5. The number of carbonyl (C=O) groups is 1. The van der Waals surface area contributed by atoms with Crippen LogP contribution in [0, 0.1) is 17.0 Å². The zero-order valence-electron chi connectivity index (χ0n) is 22.2. The van der Waals surface area contributed by atoms with Crippen molar-refractivity contribution in [2.75, 3.05) is 13.7 Å². The number of allylic oxidation sites excluding steroid dienone is 1. The van der Waals surface area contributed by atoms with Crippen molar-refractivity contribution in [2.24, 2.45) is 4.99 Å². The fourth-order valence-electron chi connectivity index (χ4n) is 4.68. The van der Waals surface area contributed by atoms with Gasteiger partial charge in [0.1, 0.15) is 23.3 Å². The molecule has 5 rings (SSSR count). The first-order valence-electron chi connectivity index (χ1n) is 12.4. The number of rotatable bonds is 7. The monoisotopic (exact) mass is 559 g/mol. The standard InChI is InChI=1S/C29H25N3O7S/c1-5-38-28(34)25-17(3)30-29-31(26(25)20-8-6-7-9-22(20)37-4)27(33)24(40-29)15-18-11-13-23(39-18)19-12-10-16(2)14-21(19)32(35)36/h6-15,26H,5H2,1-4H3/b24-15-. The maximum absolute atomic E-state index is 13.8. The number of carbonyl (C=O) groups excluding carboxylic acids is 1. The first kappa shape index (κ1) is 26.8. The Kier molecular flexibility index (Phi) is 7.22. The molecule has 1 atom stereocenters. The van der Waals surface area contributed by atoms with Crippen LogP contribution in [-0.2, 0) is 9.53 Å². The molecule has 0 aliphatic carbocycles. The van der Waals surface area contributed by atoms with Crippen LogP contribution in [0.1, 0.15) is 36.8 Å². The highest BCUT2D eigenvalue weighted by Gasteiger charge is 2.35. The van der Waals surface area contributed by atoms with Gasteiger partial charge in [-0.15, -0.1) is 0 Å². The van der Waals surface area contributed by atoms with E-state index in [0.29, 0.717) is 43.4 Å². The molecule has 40 heavy (non-hydrogen) atoms. The quantitative estimate of drug-likeness (QED) is 0.188. The van der Waals surface area contributed by atoms with Crippen LogP contribution in [0.25, 0.3) is 17.4 Å². The number of nitro groups is 1. The van der Waals surface area contributed by atoms with Gasteiger partial charge in [0.15, 0.2) is 4.80 Å². The fraction of sp³-hybridized carbons (Fsp3) is 0.207. The molecule has 1 aliphatic heterocycles. The molecule has 1 unspecified atom stereocenters. The van der Waals surface area contributed by atoms with Crippen LogP contribution in [0.2, 0.25) is 0 Å². The summed E-state index contributed by atoms with van der Waals surface area (Å²) in [4.78, 5) is 43.0. The van der Waals surface area contributed by atoms with Gasteiger partial charge in [0, 0.05) is 17.7 Å². The summed E-state index contributed by atoms with van der Waals surface area (Å²) in [7, 11) is 1.52. The molecular formula is C29H25N3O7S. The average Bonchev–Trinajstić information content (AvgIpc) is 3.52. The zero-order chi connectivity index (χ0) is 28.6. The lowest BCUT2D eigenvalue weighted by Gasteiger charge is -2.25. The number of esters is 1. The lowest BCUT2D eigenvalue weighted by molar-refractivity contribution is -0.384. The normalized spacial score (nSPS) is 15.0. The molecule has 2 aromatic carbocycles. The molecule has 204 valence electrons. The lowest BCUT2D eigenvalue weighted by atomic mass is 9.95. The van der Waals surface area contributed by atoms with Crippen LogP contribution >= 0.6 is 11.3 Å². The van der Waals surface area contributed by atoms with Crippen molar-refractivity contribution < 1.29 is 23.6 Å². The molecular weight excluding hydrogens is 534 g/mol. The zero-order valence-corrected chi connectivity index (χ0v) is 23.0. The van der Waals surface area contributed by atoms with Crippen LogP contribution in [0.4, 0.5) is 5.69 Å². The molecule has 11 heteroatoms. The van der Waals surface area contributed by atoms with E-state index in [9.17, 15) is 19.7 Å². The Morgan fingerprint density at radius 1 is 1.20 bits per heavy atom. The van der Waals surface area contributed by atoms with E-state index in [-0.39, 0.29) is 23.4 Å². The van der Waals surface area contributed by atoms with Gasteiger partial charge in [-0.3, -0.25) is 19.5 Å². The second-order valence-corrected chi connectivity index (χ2v) is 10.0. The maximum Gasteiger partial charge on any atom is 0.338 e. The molecule has 0 spiro atoms. The predicted molar refractivity (Wildman–Crippen MR) is 149 cm³/mol. The van der Waals surface area contributed by atoms with E-state index in [2.05, 4.69) is 4.99 Å². The van der Waals surface area contributed by atoms with Crippen LogP contribution in [0.3, 0.4) is 0 Å². The van der Waals surface area contributed by atoms with Crippen LogP contribution in [0.15, 0.2) is 80.1 Å². The first-order valence-corrected chi connectivity index (χ1v) is 13.2. The Labute approximate surface area is 232 Å². The number of aryl methyl sites for hydroxylation is 1. The number of furan rings is 1. The molecule has 0 amide bonds. The van der Waals surface area contributed by atoms with Crippen LogP contribution < -0.4 is 19.6 Å². The summed E-state index contributed by atoms with van der Waals surface area (Å²) in [5.41, 5.74) is 1.94. The molecule has 4 aromatic rings. The van der Waals surface area contributed by atoms with Crippen molar-refractivity contribution in [1.82, 2.24) is 4.57 Å². The highest BCUT2D eigenvalue weighted by Crippen LogP contribution is 2.36. The third kappa shape index (κ3) is 4.75. The summed E-state index contributed by atoms with van der Waals surface area (Å²) in [6.45, 7) is 5.36. The Balaban J connectivity index is 1.66. The SMILES string of the molecule is CCOC(=O)C1=C(C)N=c2s/c(=C\c3ccc(-c4ccc(C)cc4[N+](=O)[O-])o3)c(=O)n2C1c1ccccc1OC. The van der Waals surface area contributed by atoms with E-state index in [1.54, 1.807) is 75.4 Å².